The van der Waals surface area contributed by atoms with Gasteiger partial charge in [-0.05, 0) is 166 Å². The molecule has 0 radical (unpaired) electrons. The molecule has 26 nitrogen and oxygen atoms in total. The SMILES string of the molecule is C.C.C.C.CC(C)(C)OC(=O)NC(=NC[C@@H](O)C[C@H](NC(=O)OC(C)(C)C)C(=O)OC(C)(C)C)NC(=O)OC(C)(C)C.CC(C)(C)OC(=O)NC(=NC[C@H](O)C[C@H](NC(=O)OC(C)(C)C)C(=O)OC(C)(C)C)NC(=O)OC(C)(C)C. The number of nitrogens with one attached hydrogen (secondary N) is 6. The molecule has 6 amide bonds. The monoisotopic (exact) mass is 1160 g/mol. The highest BCUT2D eigenvalue weighted by atomic mass is 16.6. The predicted octanol–water partition coefficient (Wildman–Crippen LogP) is 9.30. The summed E-state index contributed by atoms with van der Waals surface area (Å²) in [6.07, 6.45) is -8.57. The Morgan fingerprint density at radius 1 is 0.325 bits per heavy atom. The molecule has 0 bridgehead atoms. The van der Waals surface area contributed by atoms with Crippen molar-refractivity contribution >= 4 is 60.4 Å². The second kappa shape index (κ2) is 34.8. The average molecular weight is 1160 g/mol. The number of guanidine groups is 2. The van der Waals surface area contributed by atoms with Gasteiger partial charge in [0.2, 0.25) is 11.9 Å². The zero-order valence-corrected chi connectivity index (χ0v) is 49.5. The number of hydrogen-bond acceptors (Lipinski definition) is 20. The molecule has 0 aliphatic carbocycles. The van der Waals surface area contributed by atoms with Crippen LogP contribution in [0.3, 0.4) is 0 Å². The predicted molar refractivity (Wildman–Crippen MR) is 308 cm³/mol. The number of rotatable bonds is 12. The molecule has 472 valence electrons. The molecule has 0 aliphatic heterocycles. The van der Waals surface area contributed by atoms with Gasteiger partial charge in [0.05, 0.1) is 25.3 Å². The first-order valence-electron chi connectivity index (χ1n) is 24.6. The lowest BCUT2D eigenvalue weighted by Crippen LogP contribution is -2.48. The summed E-state index contributed by atoms with van der Waals surface area (Å²) in [6, 6.07) is -2.54. The molecule has 0 unspecified atom stereocenters. The Balaban J connectivity index is -0.000000326. The lowest BCUT2D eigenvalue weighted by atomic mass is 10.1. The standard InChI is InChI=1S/2C25H46N4O9.4CH4/c2*1-22(2,3)35-17(31)16(27-19(32)36-23(4,5)6)13-15(30)14-26-18(28-20(33)37-24(7,8)9)29-21(34)38-25(10,11)12;;;;/h2*15-16,30H,13-14H2,1-12H3,(H,27,32)(H2,26,28,29,33,34);4*1H4/t15-,16+;15-,16-;;;;/m10..../s1. The molecule has 80 heavy (non-hydrogen) atoms. The largest absolute Gasteiger partial charge is 0.458 e. The molecule has 8 N–H and O–H groups in total. The van der Waals surface area contributed by atoms with Crippen molar-refractivity contribution in [1.29, 1.82) is 0 Å². The summed E-state index contributed by atoms with van der Waals surface area (Å²) in [5.74, 6) is -2.27. The highest BCUT2D eigenvalue weighted by Gasteiger charge is 2.33. The highest BCUT2D eigenvalue weighted by Crippen LogP contribution is 2.16. The Morgan fingerprint density at radius 2 is 0.500 bits per heavy atom. The number of amides is 6. The summed E-state index contributed by atoms with van der Waals surface area (Å²) in [7, 11) is 0. The highest BCUT2D eigenvalue weighted by molar-refractivity contribution is 6.02. The van der Waals surface area contributed by atoms with Gasteiger partial charge in [0.1, 0.15) is 56.9 Å². The van der Waals surface area contributed by atoms with Crippen LogP contribution in [0.15, 0.2) is 9.98 Å². The van der Waals surface area contributed by atoms with Crippen LogP contribution in [-0.4, -0.2) is 153 Å². The van der Waals surface area contributed by atoms with E-state index in [0.717, 1.165) is 0 Å². The average Bonchev–Trinajstić information content (AvgIpc) is 3.09. The second-order valence-electron chi connectivity index (χ2n) is 25.1. The van der Waals surface area contributed by atoms with Crippen molar-refractivity contribution in [3.63, 3.8) is 0 Å². The van der Waals surface area contributed by atoms with E-state index in [9.17, 15) is 48.6 Å². The second-order valence-corrected chi connectivity index (χ2v) is 25.1. The van der Waals surface area contributed by atoms with Crippen molar-refractivity contribution in [1.82, 2.24) is 31.9 Å². The number of carbonyl (C=O) groups is 8. The number of ether oxygens (including phenoxy) is 8. The van der Waals surface area contributed by atoms with Crippen LogP contribution in [0.4, 0.5) is 28.8 Å². The number of alkyl carbamates (subject to hydrolysis) is 6. The van der Waals surface area contributed by atoms with Crippen LogP contribution in [0.25, 0.3) is 0 Å². The van der Waals surface area contributed by atoms with Crippen molar-refractivity contribution in [2.45, 2.75) is 278 Å². The Hall–Kier alpha value is -6.18. The third-order valence-corrected chi connectivity index (χ3v) is 7.18. The van der Waals surface area contributed by atoms with Gasteiger partial charge in [0.25, 0.3) is 0 Å². The number of nitrogens with zero attached hydrogens (tertiary/aromatic N) is 2. The smallest absolute Gasteiger partial charge is 0.414 e. The molecular formula is C54H108N8O18. The van der Waals surface area contributed by atoms with Crippen molar-refractivity contribution in [3.8, 4) is 0 Å². The van der Waals surface area contributed by atoms with E-state index in [1.54, 1.807) is 166 Å². The fourth-order valence-corrected chi connectivity index (χ4v) is 4.98. The normalized spacial score (nSPS) is 13.1. The fraction of sp³-hybridized carbons (Fsp3) is 0.815. The van der Waals surface area contributed by atoms with Crippen LogP contribution < -0.4 is 31.9 Å². The first kappa shape index (κ1) is 85.1. The molecule has 0 aliphatic rings. The summed E-state index contributed by atoms with van der Waals surface area (Å²) in [6.45, 7) is 39.0. The Kier molecular flexibility index (Phi) is 37.1. The quantitative estimate of drug-likeness (QED) is 0.0390. The Labute approximate surface area is 478 Å². The van der Waals surface area contributed by atoms with Gasteiger partial charge in [-0.15, -0.1) is 0 Å². The minimum absolute atomic E-state index is 0. The molecule has 0 aromatic heterocycles. The molecule has 0 saturated carbocycles. The maximum absolute atomic E-state index is 12.7. The van der Waals surface area contributed by atoms with Crippen LogP contribution in [0.2, 0.25) is 0 Å². The lowest BCUT2D eigenvalue weighted by molar-refractivity contribution is -0.159. The zero-order valence-electron chi connectivity index (χ0n) is 49.5. The van der Waals surface area contributed by atoms with Gasteiger partial charge in [0.15, 0.2) is 0 Å². The maximum Gasteiger partial charge on any atom is 0.414 e. The van der Waals surface area contributed by atoms with Gasteiger partial charge in [-0.3, -0.25) is 21.3 Å². The zero-order chi connectivity index (χ0) is 60.2. The van der Waals surface area contributed by atoms with Crippen LogP contribution in [0, 0.1) is 0 Å². The molecule has 0 fully saturated rings. The first-order valence-corrected chi connectivity index (χ1v) is 24.6. The molecule has 0 aromatic rings. The van der Waals surface area contributed by atoms with Crippen LogP contribution in [-0.2, 0) is 47.5 Å². The third kappa shape index (κ3) is 51.3. The number of hydrogen-bond donors (Lipinski definition) is 8. The van der Waals surface area contributed by atoms with Crippen molar-refractivity contribution < 1.29 is 86.5 Å². The van der Waals surface area contributed by atoms with Crippen LogP contribution >= 0.6 is 0 Å². The molecular weight excluding hydrogens is 1050 g/mol. The van der Waals surface area contributed by atoms with Gasteiger partial charge >= 0.3 is 48.5 Å². The topological polar surface area (TPSA) is 348 Å². The molecule has 0 saturated heterocycles. The number of esters is 2. The van der Waals surface area contributed by atoms with Crippen molar-refractivity contribution in [2.75, 3.05) is 13.1 Å². The Bertz CT molecular complexity index is 1800. The summed E-state index contributed by atoms with van der Waals surface area (Å²) in [5, 5.41) is 35.2. The van der Waals surface area contributed by atoms with Crippen molar-refractivity contribution in [3.05, 3.63) is 0 Å². The lowest BCUT2D eigenvalue weighted by Gasteiger charge is -2.27. The van der Waals surface area contributed by atoms with Gasteiger partial charge in [-0.2, -0.15) is 0 Å². The number of aliphatic hydroxyl groups excluding tert-OH is 2. The van der Waals surface area contributed by atoms with Gasteiger partial charge in [-0.25, -0.2) is 48.3 Å². The fourth-order valence-electron chi connectivity index (χ4n) is 4.98. The van der Waals surface area contributed by atoms with Crippen molar-refractivity contribution in [2.24, 2.45) is 9.98 Å². The molecule has 0 aromatic carbocycles. The Morgan fingerprint density at radius 3 is 0.675 bits per heavy atom. The first-order chi connectivity index (χ1) is 33.7. The van der Waals surface area contributed by atoms with Gasteiger partial charge < -0.3 is 58.7 Å². The van der Waals surface area contributed by atoms with E-state index < -0.39 is 118 Å². The van der Waals surface area contributed by atoms with E-state index >= 15 is 0 Å². The maximum atomic E-state index is 12.7. The van der Waals surface area contributed by atoms with E-state index in [1.165, 1.54) is 0 Å². The third-order valence-electron chi connectivity index (χ3n) is 7.18. The molecule has 0 heterocycles. The minimum Gasteiger partial charge on any atom is -0.458 e. The van der Waals surface area contributed by atoms with E-state index in [1.807, 2.05) is 0 Å². The summed E-state index contributed by atoms with van der Waals surface area (Å²) >= 11 is 0. The molecule has 4 atom stereocenters. The number of aliphatic imine (C=N–C) groups is 2. The number of aliphatic hydroxyl groups is 2. The van der Waals surface area contributed by atoms with E-state index in [4.69, 9.17) is 37.9 Å². The molecule has 26 heteroatoms. The summed E-state index contributed by atoms with van der Waals surface area (Å²) in [4.78, 5) is 107. The van der Waals surface area contributed by atoms with E-state index in [2.05, 4.69) is 41.9 Å². The minimum atomic E-state index is -1.31. The van der Waals surface area contributed by atoms with E-state index in [-0.39, 0.29) is 67.6 Å². The number of carbonyl (C=O) groups excluding carboxylic acids is 8. The van der Waals surface area contributed by atoms with Crippen LogP contribution in [0.1, 0.15) is 209 Å². The summed E-state index contributed by atoms with van der Waals surface area (Å²) in [5.41, 5.74) is -6.64. The van der Waals surface area contributed by atoms with Gasteiger partial charge in [-0.1, -0.05) is 29.7 Å². The van der Waals surface area contributed by atoms with E-state index in [0.29, 0.717) is 0 Å². The molecule has 0 spiro atoms. The molecule has 0 rings (SSSR count). The van der Waals surface area contributed by atoms with Crippen LogP contribution in [0.5, 0.6) is 0 Å². The van der Waals surface area contributed by atoms with Gasteiger partial charge in [0, 0.05) is 12.8 Å². The summed E-state index contributed by atoms with van der Waals surface area (Å²) < 4.78 is 41.8.